The van der Waals surface area contributed by atoms with Gasteiger partial charge in [-0.2, -0.15) is 0 Å². The third-order valence-electron chi connectivity index (χ3n) is 12.9. The predicted molar refractivity (Wildman–Crippen MR) is 213 cm³/mol. The van der Waals surface area contributed by atoms with Crippen molar-refractivity contribution in [3.05, 3.63) is 36.4 Å². The Morgan fingerprint density at radius 2 is 1.73 bits per heavy atom. The zero-order valence-corrected chi connectivity index (χ0v) is 35.5. The van der Waals surface area contributed by atoms with Crippen molar-refractivity contribution in [3.63, 3.8) is 0 Å². The molecule has 2 saturated carbocycles. The lowest BCUT2D eigenvalue weighted by Gasteiger charge is -2.47. The zero-order chi connectivity index (χ0) is 43.3. The van der Waals surface area contributed by atoms with Crippen LogP contribution in [0.4, 0.5) is 13.6 Å². The van der Waals surface area contributed by atoms with Crippen LogP contribution in [-0.2, 0) is 24.4 Å². The summed E-state index contributed by atoms with van der Waals surface area (Å²) < 4.78 is 70.6. The number of hydrogen-bond acceptors (Lipinski definition) is 10. The highest BCUT2D eigenvalue weighted by molar-refractivity contribution is 7.91. The molecule has 6 rings (SSSR count). The first-order valence-electron chi connectivity index (χ1n) is 20.4. The van der Waals surface area contributed by atoms with Gasteiger partial charge in [-0.05, 0) is 90.2 Å². The molecule has 3 fully saturated rings. The number of benzene rings is 1. The molecule has 1 aromatic carbocycles. The second-order valence-corrected chi connectivity index (χ2v) is 19.7. The van der Waals surface area contributed by atoms with Crippen LogP contribution in [0.25, 0.3) is 10.8 Å². The number of ether oxygens (including phenoxy) is 2. The molecule has 1 aromatic heterocycles. The van der Waals surface area contributed by atoms with Gasteiger partial charge >= 0.3 is 6.09 Å². The molecule has 0 spiro atoms. The lowest BCUT2D eigenvalue weighted by Crippen LogP contribution is -2.67. The number of carbonyl (C=O) groups is 4. The number of fused-ring (bicyclic) bond motifs is 3. The third kappa shape index (κ3) is 8.42. The maximum atomic E-state index is 15.5. The van der Waals surface area contributed by atoms with Crippen LogP contribution in [0.3, 0.4) is 0 Å². The standard InChI is InChI=1S/C41H56F2N6O9S/c1-8-25-20-24(3)14-10-11-15-26-22-41(26,36(52)47-59(55,56)39(6)18-19-39)44-32(50)30-21-27(58-34-29-17-13-12-16-28(29)33(45-46-34)57-9-2)23-48(30)35(51)31(25)49(37(53)54)38(4,5)40(7,42)43/h11-13,15-17,24-27,30-31H,8-10,14,18-23H2,1-7H3,(H,44,50)(H,47,52)(H,53,54)/t24-,25-,26-,27-,30+,31+,41-/m1/s1. The SMILES string of the molecule is CCOc1nnc(O[C@@H]2C[C@H]3C(=O)N[C@]4(C(=O)NS(=O)(=O)C5(C)CC5)C[C@H]4C=CCC[C@@H](C)C[C@@H](CC)[C@H](N(C(=O)O)C(C)(C)C(C)(F)F)C(=O)N3C2)c2ccccc12. The van der Waals surface area contributed by atoms with Crippen molar-refractivity contribution in [1.29, 1.82) is 0 Å². The summed E-state index contributed by atoms with van der Waals surface area (Å²) in [4.78, 5) is 58.9. The molecule has 59 heavy (non-hydrogen) atoms. The molecule has 0 unspecified atom stereocenters. The number of aromatic nitrogens is 2. The second-order valence-electron chi connectivity index (χ2n) is 17.5. The van der Waals surface area contributed by atoms with E-state index >= 15 is 13.6 Å². The van der Waals surface area contributed by atoms with Gasteiger partial charge in [0.1, 0.15) is 29.3 Å². The van der Waals surface area contributed by atoms with Gasteiger partial charge < -0.3 is 24.8 Å². The number of hydrogen-bond donors (Lipinski definition) is 3. The van der Waals surface area contributed by atoms with Crippen molar-refractivity contribution in [1.82, 2.24) is 30.0 Å². The topological polar surface area (TPSA) is 197 Å². The molecule has 1 saturated heterocycles. The third-order valence-corrected chi connectivity index (χ3v) is 15.1. The fourth-order valence-corrected chi connectivity index (χ4v) is 9.70. The summed E-state index contributed by atoms with van der Waals surface area (Å²) in [7, 11) is -4.10. The summed E-state index contributed by atoms with van der Waals surface area (Å²) in [5.74, 6) is -7.26. The molecular formula is C41H56F2N6O9S. The van der Waals surface area contributed by atoms with E-state index in [9.17, 15) is 27.9 Å². The van der Waals surface area contributed by atoms with E-state index in [1.54, 1.807) is 44.2 Å². The van der Waals surface area contributed by atoms with Crippen LogP contribution >= 0.6 is 0 Å². The average molecular weight is 847 g/mol. The van der Waals surface area contributed by atoms with Gasteiger partial charge in [-0.3, -0.25) is 24.0 Å². The Bertz CT molecular complexity index is 2110. The zero-order valence-electron chi connectivity index (χ0n) is 34.7. The summed E-state index contributed by atoms with van der Waals surface area (Å²) in [5.41, 5.74) is -4.05. The highest BCUT2D eigenvalue weighted by Crippen LogP contribution is 2.48. The van der Waals surface area contributed by atoms with Crippen molar-refractivity contribution in [3.8, 4) is 11.8 Å². The Hall–Kier alpha value is -4.61. The van der Waals surface area contributed by atoms with E-state index in [0.717, 1.165) is 18.7 Å². The largest absolute Gasteiger partial charge is 0.476 e. The summed E-state index contributed by atoms with van der Waals surface area (Å²) in [6.45, 7) is 9.84. The van der Waals surface area contributed by atoms with Gasteiger partial charge in [0.05, 0.1) is 28.7 Å². The lowest BCUT2D eigenvalue weighted by molar-refractivity contribution is -0.157. The number of rotatable bonds is 11. The molecule has 0 bridgehead atoms. The maximum Gasteiger partial charge on any atom is 0.408 e. The van der Waals surface area contributed by atoms with E-state index in [4.69, 9.17) is 9.47 Å². The number of alkyl halides is 2. The van der Waals surface area contributed by atoms with Crippen LogP contribution in [0.2, 0.25) is 0 Å². The molecule has 15 nitrogen and oxygen atoms in total. The number of sulfonamides is 1. The van der Waals surface area contributed by atoms with Gasteiger partial charge in [-0.15, -0.1) is 10.2 Å². The number of halogens is 2. The quantitative estimate of drug-likeness (QED) is 0.244. The van der Waals surface area contributed by atoms with Gasteiger partial charge in [0.25, 0.3) is 11.8 Å². The van der Waals surface area contributed by atoms with E-state index in [2.05, 4.69) is 20.2 Å². The van der Waals surface area contributed by atoms with Crippen molar-refractivity contribution in [2.45, 2.75) is 140 Å². The second kappa shape index (κ2) is 16.1. The van der Waals surface area contributed by atoms with Crippen molar-refractivity contribution in [2.24, 2.45) is 17.8 Å². The molecule has 2 aliphatic heterocycles. The summed E-state index contributed by atoms with van der Waals surface area (Å²) >= 11 is 0. The number of allylic oxidation sites excluding steroid dienone is 1. The molecule has 3 N–H and O–H groups in total. The van der Waals surface area contributed by atoms with E-state index in [0.29, 0.717) is 61.3 Å². The van der Waals surface area contributed by atoms with Gasteiger partial charge in [0, 0.05) is 19.3 Å². The van der Waals surface area contributed by atoms with Gasteiger partial charge in [-0.25, -0.2) is 22.0 Å². The van der Waals surface area contributed by atoms with Gasteiger partial charge in [-0.1, -0.05) is 44.6 Å². The number of carboxylic acid groups (broad SMARTS) is 1. The molecule has 4 amide bonds. The Balaban J connectivity index is 1.44. The van der Waals surface area contributed by atoms with E-state index in [1.165, 1.54) is 6.92 Å². The Labute approximate surface area is 343 Å². The Morgan fingerprint density at radius 1 is 1.08 bits per heavy atom. The van der Waals surface area contributed by atoms with Crippen LogP contribution in [0.5, 0.6) is 11.8 Å². The molecule has 2 aromatic rings. The van der Waals surface area contributed by atoms with Gasteiger partial charge in [0.15, 0.2) is 0 Å². The number of nitrogens with zero attached hydrogens (tertiary/aromatic N) is 4. The smallest absolute Gasteiger partial charge is 0.408 e. The van der Waals surface area contributed by atoms with Crippen molar-refractivity contribution >= 4 is 44.6 Å². The lowest BCUT2D eigenvalue weighted by atomic mass is 9.81. The van der Waals surface area contributed by atoms with Crippen LogP contribution < -0.4 is 19.5 Å². The Morgan fingerprint density at radius 3 is 2.32 bits per heavy atom. The van der Waals surface area contributed by atoms with E-state index in [1.807, 2.05) is 13.0 Å². The normalized spacial score (nSPS) is 28.7. The van der Waals surface area contributed by atoms with Crippen molar-refractivity contribution < 1.29 is 51.0 Å². The minimum atomic E-state index is -4.10. The molecule has 324 valence electrons. The number of amides is 4. The summed E-state index contributed by atoms with van der Waals surface area (Å²) in [6, 6.07) is 4.01. The first-order chi connectivity index (χ1) is 27.6. The molecule has 18 heteroatoms. The number of nitrogens with one attached hydrogen (secondary N) is 2. The van der Waals surface area contributed by atoms with E-state index in [-0.39, 0.29) is 43.5 Å². The highest BCUT2D eigenvalue weighted by Gasteiger charge is 2.63. The van der Waals surface area contributed by atoms with Crippen molar-refractivity contribution in [2.75, 3.05) is 13.2 Å². The Kier molecular flexibility index (Phi) is 12.0. The predicted octanol–water partition coefficient (Wildman–Crippen LogP) is 5.44. The molecule has 7 atom stereocenters. The van der Waals surface area contributed by atoms with Crippen LogP contribution in [0.15, 0.2) is 36.4 Å². The molecule has 2 aliphatic carbocycles. The minimum Gasteiger partial charge on any atom is -0.476 e. The fourth-order valence-electron chi connectivity index (χ4n) is 8.39. The minimum absolute atomic E-state index is 0.0717. The van der Waals surface area contributed by atoms with Gasteiger partial charge in [0.2, 0.25) is 33.6 Å². The summed E-state index contributed by atoms with van der Waals surface area (Å²) in [5, 5.41) is 23.1. The van der Waals surface area contributed by atoms with Crippen LogP contribution in [0.1, 0.15) is 99.8 Å². The summed E-state index contributed by atoms with van der Waals surface area (Å²) in [6.07, 6.45) is 3.30. The maximum absolute atomic E-state index is 15.5. The average Bonchev–Trinajstić information content (AvgIpc) is 4.04. The molecule has 4 aliphatic rings. The first-order valence-corrected chi connectivity index (χ1v) is 21.9. The highest BCUT2D eigenvalue weighted by atomic mass is 32.2. The first kappa shape index (κ1) is 44.0. The van der Waals surface area contributed by atoms with E-state index < -0.39 is 85.6 Å². The molecule has 3 heterocycles. The monoisotopic (exact) mass is 846 g/mol. The molecular weight excluding hydrogens is 791 g/mol. The molecule has 0 radical (unpaired) electrons. The van der Waals surface area contributed by atoms with Crippen LogP contribution in [0, 0.1) is 17.8 Å². The fraction of sp³-hybridized carbons (Fsp3) is 0.659. The van der Waals surface area contributed by atoms with Crippen LogP contribution in [-0.4, -0.2) is 110 Å². The number of carbonyl (C=O) groups excluding carboxylic acids is 3.